The second-order valence-corrected chi connectivity index (χ2v) is 4.96. The minimum absolute atomic E-state index is 0.623. The van der Waals surface area contributed by atoms with Crippen LogP contribution in [-0.2, 0) is 0 Å². The zero-order valence-electron chi connectivity index (χ0n) is 11.9. The number of ether oxygens (including phenoxy) is 2. The van der Waals surface area contributed by atoms with Gasteiger partial charge in [0.15, 0.2) is 0 Å². The summed E-state index contributed by atoms with van der Waals surface area (Å²) in [7, 11) is 3.30. The summed E-state index contributed by atoms with van der Waals surface area (Å²) in [6.45, 7) is 2.03. The highest BCUT2D eigenvalue weighted by atomic mass is 16.5. The lowest BCUT2D eigenvalue weighted by molar-refractivity contribution is 0.401. The van der Waals surface area contributed by atoms with E-state index in [0.717, 1.165) is 35.7 Å². The lowest BCUT2D eigenvalue weighted by Crippen LogP contribution is -2.31. The molecule has 1 aliphatic heterocycles. The molecule has 0 unspecified atom stereocenters. The highest BCUT2D eigenvalue weighted by Gasteiger charge is 2.16. The van der Waals surface area contributed by atoms with Crippen molar-refractivity contribution in [2.45, 2.75) is 19.3 Å². The van der Waals surface area contributed by atoms with E-state index in [1.54, 1.807) is 14.2 Å². The first-order chi connectivity index (χ1) is 9.81. The van der Waals surface area contributed by atoms with Crippen LogP contribution in [0.4, 0.5) is 5.95 Å². The molecule has 106 valence electrons. The maximum atomic E-state index is 5.41. The maximum absolute atomic E-state index is 5.41. The van der Waals surface area contributed by atoms with Crippen molar-refractivity contribution in [1.82, 2.24) is 9.97 Å². The number of fused-ring (bicyclic) bond motifs is 1. The van der Waals surface area contributed by atoms with Crippen LogP contribution < -0.4 is 14.4 Å². The summed E-state index contributed by atoms with van der Waals surface area (Å²) < 4.78 is 10.7. The summed E-state index contributed by atoms with van der Waals surface area (Å²) in [6, 6.07) is 5.76. The minimum atomic E-state index is 0.623. The first-order valence-corrected chi connectivity index (χ1v) is 6.96. The van der Waals surface area contributed by atoms with E-state index in [4.69, 9.17) is 9.47 Å². The Bertz CT molecular complexity index is 609. The van der Waals surface area contributed by atoms with Gasteiger partial charge in [-0.05, 0) is 31.4 Å². The van der Waals surface area contributed by atoms with E-state index >= 15 is 0 Å². The van der Waals surface area contributed by atoms with Gasteiger partial charge in [0.25, 0.3) is 0 Å². The van der Waals surface area contributed by atoms with Crippen molar-refractivity contribution in [3.63, 3.8) is 0 Å². The van der Waals surface area contributed by atoms with Crippen LogP contribution in [0.5, 0.6) is 11.6 Å². The fourth-order valence-electron chi connectivity index (χ4n) is 2.59. The summed E-state index contributed by atoms with van der Waals surface area (Å²) in [4.78, 5) is 11.4. The fourth-order valence-corrected chi connectivity index (χ4v) is 2.59. The molecule has 5 nitrogen and oxygen atoms in total. The van der Waals surface area contributed by atoms with Crippen LogP contribution in [-0.4, -0.2) is 37.3 Å². The number of benzene rings is 1. The minimum Gasteiger partial charge on any atom is -0.497 e. The molecular weight excluding hydrogens is 254 g/mol. The Morgan fingerprint density at radius 2 is 1.80 bits per heavy atom. The first-order valence-electron chi connectivity index (χ1n) is 6.96. The van der Waals surface area contributed by atoms with Crippen molar-refractivity contribution < 1.29 is 9.47 Å². The monoisotopic (exact) mass is 273 g/mol. The first kappa shape index (κ1) is 13.0. The highest BCUT2D eigenvalue weighted by Crippen LogP contribution is 2.29. The van der Waals surface area contributed by atoms with Gasteiger partial charge in [0.2, 0.25) is 11.8 Å². The topological polar surface area (TPSA) is 47.5 Å². The van der Waals surface area contributed by atoms with E-state index in [9.17, 15) is 0 Å². The van der Waals surface area contributed by atoms with Crippen LogP contribution in [0, 0.1) is 0 Å². The average Bonchev–Trinajstić information content (AvgIpc) is 2.54. The Morgan fingerprint density at radius 1 is 1.00 bits per heavy atom. The zero-order valence-corrected chi connectivity index (χ0v) is 11.9. The lowest BCUT2D eigenvalue weighted by atomic mass is 10.1. The van der Waals surface area contributed by atoms with Gasteiger partial charge in [-0.3, -0.25) is 0 Å². The molecule has 20 heavy (non-hydrogen) atoms. The number of nitrogens with zero attached hydrogens (tertiary/aromatic N) is 3. The van der Waals surface area contributed by atoms with E-state index in [-0.39, 0.29) is 0 Å². The largest absolute Gasteiger partial charge is 0.497 e. The van der Waals surface area contributed by atoms with Gasteiger partial charge < -0.3 is 14.4 Å². The van der Waals surface area contributed by atoms with Gasteiger partial charge in [-0.2, -0.15) is 4.98 Å². The van der Waals surface area contributed by atoms with Crippen LogP contribution in [0.25, 0.3) is 10.9 Å². The molecule has 0 atom stereocenters. The molecule has 2 aromatic rings. The van der Waals surface area contributed by atoms with Gasteiger partial charge in [-0.25, -0.2) is 4.98 Å². The van der Waals surface area contributed by atoms with E-state index < -0.39 is 0 Å². The van der Waals surface area contributed by atoms with E-state index in [0.29, 0.717) is 5.88 Å². The number of hydrogen-bond acceptors (Lipinski definition) is 5. The van der Waals surface area contributed by atoms with Crippen LogP contribution in [0.3, 0.4) is 0 Å². The Labute approximate surface area is 118 Å². The average molecular weight is 273 g/mol. The number of methoxy groups -OCH3 is 2. The number of anilines is 1. The number of aromatic nitrogens is 2. The van der Waals surface area contributed by atoms with Gasteiger partial charge in [0.1, 0.15) is 5.75 Å². The number of rotatable bonds is 3. The van der Waals surface area contributed by atoms with Crippen molar-refractivity contribution in [2.24, 2.45) is 0 Å². The van der Waals surface area contributed by atoms with Gasteiger partial charge in [-0.15, -0.1) is 0 Å². The standard InChI is InChI=1S/C15H19N3O2/c1-19-11-6-7-12-13(10-11)16-15(17-14(12)20-2)18-8-4-3-5-9-18/h6-7,10H,3-5,8-9H2,1-2H3. The molecule has 5 heteroatoms. The molecule has 0 aliphatic carbocycles. The molecular formula is C15H19N3O2. The third kappa shape index (κ3) is 2.35. The Morgan fingerprint density at radius 3 is 2.50 bits per heavy atom. The Hall–Kier alpha value is -2.04. The molecule has 1 saturated heterocycles. The van der Waals surface area contributed by atoms with Gasteiger partial charge >= 0.3 is 0 Å². The van der Waals surface area contributed by atoms with Crippen molar-refractivity contribution in [2.75, 3.05) is 32.2 Å². The van der Waals surface area contributed by atoms with Gasteiger partial charge in [-0.1, -0.05) is 0 Å². The summed E-state index contributed by atoms with van der Waals surface area (Å²) in [5.41, 5.74) is 0.858. The predicted octanol–water partition coefficient (Wildman–Crippen LogP) is 2.64. The molecule has 0 bridgehead atoms. The Kier molecular flexibility index (Phi) is 3.58. The normalized spacial score (nSPS) is 15.4. The molecule has 2 heterocycles. The molecule has 0 radical (unpaired) electrons. The Balaban J connectivity index is 2.08. The summed E-state index contributed by atoms with van der Waals surface area (Å²) in [5, 5.41) is 0.911. The van der Waals surface area contributed by atoms with Crippen LogP contribution in [0.15, 0.2) is 18.2 Å². The molecule has 0 saturated carbocycles. The molecule has 0 amide bonds. The zero-order chi connectivity index (χ0) is 13.9. The van der Waals surface area contributed by atoms with E-state index in [1.165, 1.54) is 19.3 Å². The summed E-state index contributed by atoms with van der Waals surface area (Å²) in [6.07, 6.45) is 3.68. The molecule has 1 aliphatic rings. The highest BCUT2D eigenvalue weighted by molar-refractivity contribution is 5.85. The third-order valence-corrected chi connectivity index (χ3v) is 3.69. The SMILES string of the molecule is COc1ccc2c(OC)nc(N3CCCCC3)nc2c1. The van der Waals surface area contributed by atoms with Crippen molar-refractivity contribution in [1.29, 1.82) is 0 Å². The van der Waals surface area contributed by atoms with Crippen LogP contribution >= 0.6 is 0 Å². The second-order valence-electron chi connectivity index (χ2n) is 4.96. The van der Waals surface area contributed by atoms with Gasteiger partial charge in [0.05, 0.1) is 25.1 Å². The smallest absolute Gasteiger partial charge is 0.229 e. The quantitative estimate of drug-likeness (QED) is 0.860. The molecule has 0 spiro atoms. The fraction of sp³-hybridized carbons (Fsp3) is 0.467. The molecule has 1 fully saturated rings. The van der Waals surface area contributed by atoms with Crippen molar-refractivity contribution >= 4 is 16.9 Å². The number of hydrogen-bond donors (Lipinski definition) is 0. The van der Waals surface area contributed by atoms with Crippen molar-refractivity contribution in [3.05, 3.63) is 18.2 Å². The third-order valence-electron chi connectivity index (χ3n) is 3.69. The lowest BCUT2D eigenvalue weighted by Gasteiger charge is -2.27. The predicted molar refractivity (Wildman–Crippen MR) is 78.7 cm³/mol. The number of piperidine rings is 1. The summed E-state index contributed by atoms with van der Waals surface area (Å²) >= 11 is 0. The van der Waals surface area contributed by atoms with E-state index in [2.05, 4.69) is 14.9 Å². The molecule has 3 rings (SSSR count). The molecule has 1 aromatic heterocycles. The maximum Gasteiger partial charge on any atom is 0.229 e. The van der Waals surface area contributed by atoms with E-state index in [1.807, 2.05) is 18.2 Å². The van der Waals surface area contributed by atoms with Gasteiger partial charge in [0, 0.05) is 19.2 Å². The summed E-state index contributed by atoms with van der Waals surface area (Å²) in [5.74, 6) is 2.17. The molecule has 0 N–H and O–H groups in total. The van der Waals surface area contributed by atoms with Crippen molar-refractivity contribution in [3.8, 4) is 11.6 Å². The van der Waals surface area contributed by atoms with Crippen LogP contribution in [0.2, 0.25) is 0 Å². The molecule has 1 aromatic carbocycles. The van der Waals surface area contributed by atoms with Crippen LogP contribution in [0.1, 0.15) is 19.3 Å². The second kappa shape index (κ2) is 5.53.